The van der Waals surface area contributed by atoms with Crippen molar-refractivity contribution in [1.82, 2.24) is 14.9 Å². The summed E-state index contributed by atoms with van der Waals surface area (Å²) in [6.07, 6.45) is 1.43. The molecule has 3 atom stereocenters. The molecule has 0 fully saturated rings. The fraction of sp³-hybridized carbons (Fsp3) is 0.409. The highest BCUT2D eigenvalue weighted by molar-refractivity contribution is 5.79. The van der Waals surface area contributed by atoms with Crippen molar-refractivity contribution >= 4 is 11.0 Å². The number of benzene rings is 2. The van der Waals surface area contributed by atoms with Crippen LogP contribution in [0.25, 0.3) is 11.0 Å². The minimum Gasteiger partial charge on any atom is -0.504 e. The highest BCUT2D eigenvalue weighted by Crippen LogP contribution is 2.32. The van der Waals surface area contributed by atoms with Gasteiger partial charge in [-0.2, -0.15) is 0 Å². The van der Waals surface area contributed by atoms with Gasteiger partial charge in [-0.3, -0.25) is 4.57 Å². The number of imidazole rings is 1. The summed E-state index contributed by atoms with van der Waals surface area (Å²) in [5, 5.41) is 24.8. The number of nitrogens with one attached hydrogen (secondary N) is 2. The molecule has 1 aliphatic rings. The van der Waals surface area contributed by atoms with E-state index in [1.807, 2.05) is 30.3 Å². The highest BCUT2D eigenvalue weighted by atomic mass is 16.5. The van der Waals surface area contributed by atoms with Crippen molar-refractivity contribution in [3.05, 3.63) is 58.0 Å². The molecule has 0 aliphatic carbocycles. The lowest BCUT2D eigenvalue weighted by atomic mass is 9.98. The SMILES string of the molecule is COc1cccc(CCC(C)N[C@@H]2CCn3c(=O)[nH]c4cccc(c43)[C@H]2O)c1O. The smallest absolute Gasteiger partial charge is 0.326 e. The molecule has 29 heavy (non-hydrogen) atoms. The largest absolute Gasteiger partial charge is 0.504 e. The fourth-order valence-electron chi connectivity index (χ4n) is 4.27. The molecule has 0 saturated carbocycles. The Hall–Kier alpha value is -2.77. The van der Waals surface area contributed by atoms with Crippen LogP contribution >= 0.6 is 0 Å². The predicted molar refractivity (Wildman–Crippen MR) is 112 cm³/mol. The molecule has 2 heterocycles. The second-order valence-electron chi connectivity index (χ2n) is 7.74. The van der Waals surface area contributed by atoms with Crippen LogP contribution in [0.15, 0.2) is 41.2 Å². The van der Waals surface area contributed by atoms with Gasteiger partial charge < -0.3 is 25.3 Å². The molecular weight excluding hydrogens is 370 g/mol. The van der Waals surface area contributed by atoms with Crippen molar-refractivity contribution in [3.8, 4) is 11.5 Å². The Morgan fingerprint density at radius 3 is 2.90 bits per heavy atom. The third-order valence-electron chi connectivity index (χ3n) is 5.84. The number of H-pyrrole nitrogens is 1. The van der Waals surface area contributed by atoms with E-state index in [9.17, 15) is 15.0 Å². The number of phenols is 1. The molecule has 0 spiro atoms. The molecule has 1 aromatic heterocycles. The third-order valence-corrected chi connectivity index (χ3v) is 5.84. The number of aryl methyl sites for hydroxylation is 2. The van der Waals surface area contributed by atoms with Crippen LogP contribution in [0.1, 0.15) is 37.0 Å². The summed E-state index contributed by atoms with van der Waals surface area (Å²) in [5.41, 5.74) is 3.03. The number of methoxy groups -OCH3 is 1. The minimum atomic E-state index is -0.699. The van der Waals surface area contributed by atoms with Crippen molar-refractivity contribution in [2.45, 2.75) is 50.9 Å². The van der Waals surface area contributed by atoms with Crippen molar-refractivity contribution in [2.24, 2.45) is 0 Å². The van der Waals surface area contributed by atoms with Gasteiger partial charge in [-0.15, -0.1) is 0 Å². The van der Waals surface area contributed by atoms with Gasteiger partial charge in [0.1, 0.15) is 0 Å². The molecule has 154 valence electrons. The van der Waals surface area contributed by atoms with E-state index in [1.165, 1.54) is 7.11 Å². The van der Waals surface area contributed by atoms with Crippen molar-refractivity contribution in [1.29, 1.82) is 0 Å². The number of rotatable bonds is 6. The standard InChI is InChI=1S/C22H27N3O4/c1-13(9-10-14-5-3-8-18(29-2)20(14)26)23-17-11-12-25-19-15(21(17)27)6-4-7-16(19)24-22(25)28/h3-8,13,17,21,23,26-27H,9-12H2,1-2H3,(H,24,28)/t13?,17-,21-/m1/s1. The molecule has 1 aliphatic heterocycles. The van der Waals surface area contributed by atoms with Crippen LogP contribution in [0.5, 0.6) is 11.5 Å². The number of phenolic OH excluding ortho intramolecular Hbond substituents is 1. The van der Waals surface area contributed by atoms with E-state index in [4.69, 9.17) is 4.74 Å². The van der Waals surface area contributed by atoms with E-state index in [0.29, 0.717) is 25.1 Å². The lowest BCUT2D eigenvalue weighted by Crippen LogP contribution is -2.41. The van der Waals surface area contributed by atoms with Crippen LogP contribution in [0, 0.1) is 0 Å². The number of hydrogen-bond acceptors (Lipinski definition) is 5. The van der Waals surface area contributed by atoms with Crippen LogP contribution in [-0.2, 0) is 13.0 Å². The molecule has 7 nitrogen and oxygen atoms in total. The van der Waals surface area contributed by atoms with E-state index in [0.717, 1.165) is 28.6 Å². The summed E-state index contributed by atoms with van der Waals surface area (Å²) >= 11 is 0. The Morgan fingerprint density at radius 2 is 2.10 bits per heavy atom. The molecule has 0 amide bonds. The van der Waals surface area contributed by atoms with Gasteiger partial charge >= 0.3 is 5.69 Å². The maximum atomic E-state index is 12.3. The zero-order chi connectivity index (χ0) is 20.5. The van der Waals surface area contributed by atoms with Gasteiger partial charge in [0, 0.05) is 24.2 Å². The number of aromatic nitrogens is 2. The van der Waals surface area contributed by atoms with Gasteiger partial charge in [0.2, 0.25) is 0 Å². The van der Waals surface area contributed by atoms with E-state index in [1.54, 1.807) is 10.6 Å². The number of aromatic hydroxyl groups is 1. The fourth-order valence-corrected chi connectivity index (χ4v) is 4.27. The number of aliphatic hydroxyl groups is 1. The number of aliphatic hydroxyl groups excluding tert-OH is 1. The molecule has 4 N–H and O–H groups in total. The number of para-hydroxylation sites is 2. The first-order chi connectivity index (χ1) is 14.0. The number of aromatic amines is 1. The van der Waals surface area contributed by atoms with Crippen LogP contribution in [0.2, 0.25) is 0 Å². The Labute approximate surface area is 169 Å². The summed E-state index contributed by atoms with van der Waals surface area (Å²) in [6.45, 7) is 2.62. The average molecular weight is 397 g/mol. The zero-order valence-electron chi connectivity index (χ0n) is 16.7. The molecule has 2 aromatic carbocycles. The maximum absolute atomic E-state index is 12.3. The second-order valence-corrected chi connectivity index (χ2v) is 7.74. The van der Waals surface area contributed by atoms with Crippen LogP contribution in [0.3, 0.4) is 0 Å². The summed E-state index contributed by atoms with van der Waals surface area (Å²) in [6, 6.07) is 11.1. The van der Waals surface area contributed by atoms with Gasteiger partial charge in [-0.25, -0.2) is 4.79 Å². The van der Waals surface area contributed by atoms with Crippen LogP contribution < -0.4 is 15.7 Å². The van der Waals surface area contributed by atoms with E-state index < -0.39 is 6.10 Å². The Kier molecular flexibility index (Phi) is 5.34. The molecule has 0 radical (unpaired) electrons. The zero-order valence-corrected chi connectivity index (χ0v) is 16.7. The first-order valence-electron chi connectivity index (χ1n) is 10.00. The van der Waals surface area contributed by atoms with Crippen LogP contribution in [0.4, 0.5) is 0 Å². The van der Waals surface area contributed by atoms with Gasteiger partial charge in [-0.1, -0.05) is 24.3 Å². The quantitative estimate of drug-likeness (QED) is 0.512. The van der Waals surface area contributed by atoms with Gasteiger partial charge in [-0.05, 0) is 43.9 Å². The van der Waals surface area contributed by atoms with Gasteiger partial charge in [0.05, 0.1) is 24.2 Å². The molecule has 0 saturated heterocycles. The van der Waals surface area contributed by atoms with Crippen molar-refractivity contribution in [2.75, 3.05) is 7.11 Å². The monoisotopic (exact) mass is 397 g/mol. The minimum absolute atomic E-state index is 0.121. The van der Waals surface area contributed by atoms with Gasteiger partial charge in [0.15, 0.2) is 11.5 Å². The van der Waals surface area contributed by atoms with Crippen LogP contribution in [-0.4, -0.2) is 39.0 Å². The van der Waals surface area contributed by atoms with E-state index in [-0.39, 0.29) is 23.5 Å². The number of nitrogens with zero attached hydrogens (tertiary/aromatic N) is 1. The number of ether oxygens (including phenoxy) is 1. The predicted octanol–water partition coefficient (Wildman–Crippen LogP) is 2.46. The lowest BCUT2D eigenvalue weighted by molar-refractivity contribution is 0.119. The van der Waals surface area contributed by atoms with E-state index in [2.05, 4.69) is 17.2 Å². The maximum Gasteiger partial charge on any atom is 0.326 e. The summed E-state index contributed by atoms with van der Waals surface area (Å²) in [5.74, 6) is 0.657. The van der Waals surface area contributed by atoms with Gasteiger partial charge in [0.25, 0.3) is 0 Å². The van der Waals surface area contributed by atoms with Crippen molar-refractivity contribution < 1.29 is 14.9 Å². The summed E-state index contributed by atoms with van der Waals surface area (Å²) in [7, 11) is 1.54. The topological polar surface area (TPSA) is 99.5 Å². The summed E-state index contributed by atoms with van der Waals surface area (Å²) < 4.78 is 6.89. The number of hydrogen-bond donors (Lipinski definition) is 4. The molecule has 3 aromatic rings. The first kappa shape index (κ1) is 19.5. The second kappa shape index (κ2) is 7.93. The molecule has 1 unspecified atom stereocenters. The Morgan fingerprint density at radius 1 is 1.31 bits per heavy atom. The summed E-state index contributed by atoms with van der Waals surface area (Å²) in [4.78, 5) is 15.1. The molecule has 0 bridgehead atoms. The molecule has 7 heteroatoms. The molecular formula is C22H27N3O4. The lowest BCUT2D eigenvalue weighted by Gasteiger charge is -2.26. The average Bonchev–Trinajstić information content (AvgIpc) is 2.97. The van der Waals surface area contributed by atoms with E-state index >= 15 is 0 Å². The van der Waals surface area contributed by atoms with Crippen molar-refractivity contribution in [3.63, 3.8) is 0 Å². The Bertz CT molecular complexity index is 1070. The third kappa shape index (κ3) is 3.63. The normalized spacial score (nSPS) is 19.8. The highest BCUT2D eigenvalue weighted by Gasteiger charge is 2.29. The Balaban J connectivity index is 1.47. The molecule has 4 rings (SSSR count). The first-order valence-corrected chi connectivity index (χ1v) is 10.00.